The Hall–Kier alpha value is -2.82. The third kappa shape index (κ3) is 6.22. The van der Waals surface area contributed by atoms with Crippen LogP contribution in [0.15, 0.2) is 42.5 Å². The number of carbonyl (C=O) groups excluding carboxylic acids is 1. The lowest BCUT2D eigenvalue weighted by atomic mass is 10.3. The monoisotopic (exact) mass is 354 g/mol. The zero-order chi connectivity index (χ0) is 17.4. The Labute approximate surface area is 140 Å². The number of nitrogens with zero attached hydrogens (tertiary/aromatic N) is 2. The first-order chi connectivity index (χ1) is 10.8. The van der Waals surface area contributed by atoms with Crippen molar-refractivity contribution >= 4 is 40.8 Å². The Morgan fingerprint density at radius 2 is 1.61 bits per heavy atom. The molecule has 0 aliphatic heterocycles. The van der Waals surface area contributed by atoms with E-state index in [1.165, 1.54) is 6.07 Å². The quantitative estimate of drug-likeness (QED) is 0.654. The van der Waals surface area contributed by atoms with Crippen molar-refractivity contribution < 1.29 is 24.5 Å². The minimum absolute atomic E-state index is 0.271. The normalized spacial score (nSPS) is 9.09. The van der Waals surface area contributed by atoms with Crippen LogP contribution in [0.25, 0.3) is 4.98 Å². The summed E-state index contributed by atoms with van der Waals surface area (Å²) in [5, 5.41) is 26.2. The highest BCUT2D eigenvalue weighted by molar-refractivity contribution is 6.31. The van der Waals surface area contributed by atoms with Crippen molar-refractivity contribution in [1.29, 1.82) is 5.39 Å². The van der Waals surface area contributed by atoms with E-state index in [0.717, 1.165) is 0 Å². The molecule has 0 heterocycles. The van der Waals surface area contributed by atoms with Crippen LogP contribution in [-0.4, -0.2) is 17.0 Å². The van der Waals surface area contributed by atoms with Gasteiger partial charge >= 0.3 is 11.7 Å². The van der Waals surface area contributed by atoms with Gasteiger partial charge in [0.05, 0.1) is 6.07 Å². The Kier molecular flexibility index (Phi) is 6.80. The Bertz CT molecular complexity index is 745. The van der Waals surface area contributed by atoms with Gasteiger partial charge in [-0.05, 0) is 36.4 Å². The molecule has 0 aromatic heterocycles. The second-order valence-electron chi connectivity index (χ2n) is 3.86. The van der Waals surface area contributed by atoms with Gasteiger partial charge in [-0.15, -0.1) is 0 Å². The number of rotatable bonds is 2. The number of benzene rings is 2. The Morgan fingerprint density at radius 3 is 2.09 bits per heavy atom. The summed E-state index contributed by atoms with van der Waals surface area (Å²) in [6.07, 6.45) is 0. The van der Waals surface area contributed by atoms with Crippen molar-refractivity contribution in [2.24, 2.45) is 0 Å². The summed E-state index contributed by atoms with van der Waals surface area (Å²) in [5.74, 6) is -2.99. The van der Waals surface area contributed by atoms with Crippen LogP contribution in [0, 0.1) is 5.39 Å². The van der Waals surface area contributed by atoms with Gasteiger partial charge in [0.25, 0.3) is 0 Å². The average molecular weight is 355 g/mol. The van der Waals surface area contributed by atoms with Crippen LogP contribution in [0.4, 0.5) is 5.69 Å². The maximum Gasteiger partial charge on any atom is 0.428 e. The molecule has 2 aromatic carbocycles. The van der Waals surface area contributed by atoms with Crippen molar-refractivity contribution in [2.75, 3.05) is 0 Å². The predicted octanol–water partition coefficient (Wildman–Crippen LogP) is 3.09. The molecule has 0 spiro atoms. The van der Waals surface area contributed by atoms with Gasteiger partial charge < -0.3 is 19.7 Å². The number of carboxylic acids is 2. The zero-order valence-electron chi connectivity index (χ0n) is 11.3. The summed E-state index contributed by atoms with van der Waals surface area (Å²) >= 11 is 11.5. The van der Waals surface area contributed by atoms with Gasteiger partial charge in [0.15, 0.2) is 10.9 Å². The fraction of sp³-hybridized carbons (Fsp3) is 0. The number of carbonyl (C=O) groups is 2. The summed E-state index contributed by atoms with van der Waals surface area (Å²) in [5.41, 5.74) is 0.271. The van der Waals surface area contributed by atoms with Crippen LogP contribution in [0.1, 0.15) is 0 Å². The van der Waals surface area contributed by atoms with E-state index in [1.807, 2.05) is 0 Å². The molecule has 2 rings (SSSR count). The SMILES string of the molecule is N#[N+]c1cc(Cl)ccc1Oc1ccc(Cl)cc1.O=C([O-])C(=O)O. The van der Waals surface area contributed by atoms with Crippen molar-refractivity contribution in [3.8, 4) is 11.5 Å². The van der Waals surface area contributed by atoms with Gasteiger partial charge in [-0.25, -0.2) is 4.79 Å². The Morgan fingerprint density at radius 1 is 1.09 bits per heavy atom. The van der Waals surface area contributed by atoms with E-state index in [-0.39, 0.29) is 5.69 Å². The molecule has 1 N–H and O–H groups in total. The van der Waals surface area contributed by atoms with Crippen LogP contribution in [0.3, 0.4) is 0 Å². The number of hydrogen-bond acceptors (Lipinski definition) is 5. The number of ether oxygens (including phenoxy) is 1. The molecule has 2 aromatic rings. The van der Waals surface area contributed by atoms with E-state index in [2.05, 4.69) is 4.98 Å². The van der Waals surface area contributed by atoms with E-state index in [0.29, 0.717) is 21.5 Å². The van der Waals surface area contributed by atoms with Gasteiger partial charge in [-0.3, -0.25) is 0 Å². The highest BCUT2D eigenvalue weighted by atomic mass is 35.5. The number of diazo groups is 1. The standard InChI is InChI=1S/C12H7Cl2N2O.C2H2O4/c13-8-1-4-10(5-2-8)17-12-6-3-9(14)7-11(12)16-15;3-1(4)2(5)6/h1-7H;(H,3,4)(H,5,6)/q+1;/p-1. The number of hydrogen-bond donors (Lipinski definition) is 1. The predicted molar refractivity (Wildman–Crippen MR) is 80.4 cm³/mol. The van der Waals surface area contributed by atoms with Crippen LogP contribution in [0.5, 0.6) is 11.5 Å². The summed E-state index contributed by atoms with van der Waals surface area (Å²) in [7, 11) is 0. The molecule has 0 atom stereocenters. The molecule has 118 valence electrons. The van der Waals surface area contributed by atoms with Crippen molar-refractivity contribution in [3.63, 3.8) is 0 Å². The number of aliphatic carboxylic acids is 2. The molecule has 9 heteroatoms. The lowest BCUT2D eigenvalue weighted by Crippen LogP contribution is -2.30. The van der Waals surface area contributed by atoms with Crippen molar-refractivity contribution in [1.82, 2.24) is 0 Å². The molecular formula is C14H8Cl2N2O5. The molecule has 23 heavy (non-hydrogen) atoms. The largest absolute Gasteiger partial charge is 0.539 e. The first-order valence-corrected chi connectivity index (χ1v) is 6.61. The molecule has 0 amide bonds. The fourth-order valence-corrected chi connectivity index (χ4v) is 1.58. The van der Waals surface area contributed by atoms with E-state index in [9.17, 15) is 0 Å². The van der Waals surface area contributed by atoms with Gasteiger partial charge in [0.2, 0.25) is 11.1 Å². The van der Waals surface area contributed by atoms with Crippen LogP contribution in [-0.2, 0) is 9.59 Å². The summed E-state index contributed by atoms with van der Waals surface area (Å²) in [6.45, 7) is 0. The molecule has 0 saturated heterocycles. The minimum atomic E-state index is -2.07. The lowest BCUT2D eigenvalue weighted by Gasteiger charge is -2.03. The molecular weight excluding hydrogens is 347 g/mol. The molecule has 0 unspecified atom stereocenters. The second kappa shape index (κ2) is 8.58. The Balaban J connectivity index is 0.000000379. The zero-order valence-corrected chi connectivity index (χ0v) is 12.8. The van der Waals surface area contributed by atoms with Crippen LogP contribution >= 0.6 is 23.2 Å². The van der Waals surface area contributed by atoms with E-state index < -0.39 is 11.9 Å². The molecule has 0 aliphatic rings. The summed E-state index contributed by atoms with van der Waals surface area (Å²) < 4.78 is 5.54. The maximum atomic E-state index is 9.04. The van der Waals surface area contributed by atoms with E-state index in [1.54, 1.807) is 36.4 Å². The first-order valence-electron chi connectivity index (χ1n) is 5.86. The van der Waals surface area contributed by atoms with Crippen molar-refractivity contribution in [3.05, 3.63) is 57.5 Å². The number of halogens is 2. The number of carboxylic acid groups (broad SMARTS) is 2. The maximum absolute atomic E-state index is 9.04. The highest BCUT2D eigenvalue weighted by Gasteiger charge is 2.16. The molecule has 0 radical (unpaired) electrons. The van der Waals surface area contributed by atoms with Gasteiger partial charge in [-0.1, -0.05) is 23.2 Å². The molecule has 0 bridgehead atoms. The average Bonchev–Trinajstić information content (AvgIpc) is 2.51. The third-order valence-corrected chi connectivity index (χ3v) is 2.73. The van der Waals surface area contributed by atoms with Gasteiger partial charge in [0.1, 0.15) is 5.75 Å². The molecule has 7 nitrogen and oxygen atoms in total. The highest BCUT2D eigenvalue weighted by Crippen LogP contribution is 2.34. The molecule has 0 fully saturated rings. The van der Waals surface area contributed by atoms with Crippen molar-refractivity contribution in [2.45, 2.75) is 0 Å². The third-order valence-electron chi connectivity index (χ3n) is 2.24. The van der Waals surface area contributed by atoms with Crippen LogP contribution in [0.2, 0.25) is 10.0 Å². The van der Waals surface area contributed by atoms with Crippen LogP contribution < -0.4 is 9.84 Å². The topological polar surface area (TPSA) is 115 Å². The first kappa shape index (κ1) is 18.2. The minimum Gasteiger partial charge on any atom is -0.539 e. The molecule has 0 saturated carbocycles. The summed E-state index contributed by atoms with van der Waals surface area (Å²) in [6, 6.07) is 11.7. The van der Waals surface area contributed by atoms with Gasteiger partial charge in [-0.2, -0.15) is 0 Å². The second-order valence-corrected chi connectivity index (χ2v) is 4.73. The smallest absolute Gasteiger partial charge is 0.428 e. The fourth-order valence-electron chi connectivity index (χ4n) is 1.28. The molecule has 0 aliphatic carbocycles. The summed E-state index contributed by atoms with van der Waals surface area (Å²) in [4.78, 5) is 21.1. The van der Waals surface area contributed by atoms with E-state index in [4.69, 9.17) is 53.1 Å². The lowest BCUT2D eigenvalue weighted by molar-refractivity contribution is -0.303. The van der Waals surface area contributed by atoms with Gasteiger partial charge in [0, 0.05) is 10.0 Å². The van der Waals surface area contributed by atoms with E-state index >= 15 is 0 Å².